The number of halogens is 1. The Morgan fingerprint density at radius 2 is 2.21 bits per heavy atom. The number of β-lactam (4-membered cyclic amide) rings is 1. The molecule has 4 heterocycles. The summed E-state index contributed by atoms with van der Waals surface area (Å²) in [7, 11) is 0. The minimum absolute atomic E-state index is 0.106. The van der Waals surface area contributed by atoms with Crippen LogP contribution in [0.2, 0.25) is 0 Å². The summed E-state index contributed by atoms with van der Waals surface area (Å²) >= 11 is 5.16. The van der Waals surface area contributed by atoms with Gasteiger partial charge in [0.05, 0.1) is 0 Å². The van der Waals surface area contributed by atoms with Crippen LogP contribution in [0.1, 0.15) is 5.69 Å². The van der Waals surface area contributed by atoms with E-state index in [1.807, 2.05) is 0 Å². The minimum Gasteiger partial charge on any atom is -0.477 e. The molecule has 0 aliphatic carbocycles. The Morgan fingerprint density at radius 3 is 2.89 bits per heavy atom. The number of oxime groups is 1. The van der Waals surface area contributed by atoms with Gasteiger partial charge in [0.25, 0.3) is 11.8 Å². The molecule has 38 heavy (non-hydrogen) atoms. The van der Waals surface area contributed by atoms with E-state index in [1.54, 1.807) is 18.5 Å². The summed E-state index contributed by atoms with van der Waals surface area (Å²) in [5.41, 5.74) is 11.0. The number of nitrogen functional groups attached to an aromatic ring is 1. The number of carboxylic acid groups (broad SMARTS) is 1. The Balaban J connectivity index is 1.53. The molecule has 0 bridgehead atoms. The molecule has 2 atom stereocenters. The Bertz CT molecular complexity index is 1290. The first kappa shape index (κ1) is 28.2. The zero-order valence-electron chi connectivity index (χ0n) is 19.5. The van der Waals surface area contributed by atoms with Crippen LogP contribution in [-0.2, 0) is 19.2 Å². The molecule has 2 aromatic heterocycles. The number of thioether (sulfide) groups is 3. The smallest absolute Gasteiger partial charge is 0.353 e. The third-order valence-electron chi connectivity index (χ3n) is 5.08. The lowest BCUT2D eigenvalue weighted by atomic mass is 10.0. The molecule has 2 aromatic rings. The van der Waals surface area contributed by atoms with Gasteiger partial charge in [-0.3, -0.25) is 19.5 Å². The Hall–Kier alpha value is -2.86. The maximum atomic E-state index is 13.1. The molecule has 0 saturated carbocycles. The van der Waals surface area contributed by atoms with Gasteiger partial charge in [0.15, 0.2) is 10.8 Å². The van der Waals surface area contributed by atoms with E-state index in [0.717, 1.165) is 21.1 Å². The largest absolute Gasteiger partial charge is 0.477 e. The molecular weight excluding hydrogens is 578 g/mol. The zero-order chi connectivity index (χ0) is 27.2. The summed E-state index contributed by atoms with van der Waals surface area (Å²) < 4.78 is 12.5. The number of amides is 2. The lowest BCUT2D eigenvalue weighted by Gasteiger charge is -2.49. The molecular formula is C21H22FN7O5S4. The van der Waals surface area contributed by atoms with Gasteiger partial charge in [-0.1, -0.05) is 16.9 Å². The Labute approximate surface area is 232 Å². The minimum atomic E-state index is -1.25. The highest BCUT2D eigenvalue weighted by atomic mass is 32.2. The highest BCUT2D eigenvalue weighted by molar-refractivity contribution is 8.07. The standard InChI is InChI=1S/C21H22FN7O5S4/c22-2-5-34-28-14(10-8-37-21(24)26-10)17(30)27-15-18(31)29-16(20(32)33)13(9-36-19(15)29)38-11-1-4-25-7-12(11)35-6-3-23/h1,4,7-8,15,19H,2-3,5-6,9,23H2,(H2,24,26)(H,27,30)(H,32,33)/b28-14-/t15-,19-/m1/s1. The number of thiazole rings is 1. The summed E-state index contributed by atoms with van der Waals surface area (Å²) in [6.07, 6.45) is 3.30. The molecule has 12 nitrogen and oxygen atoms in total. The van der Waals surface area contributed by atoms with Crippen molar-refractivity contribution in [3.63, 3.8) is 0 Å². The normalized spacial score (nSPS) is 19.2. The first-order valence-electron chi connectivity index (χ1n) is 11.0. The molecule has 0 unspecified atom stereocenters. The lowest BCUT2D eigenvalue weighted by Crippen LogP contribution is -2.71. The van der Waals surface area contributed by atoms with E-state index in [-0.39, 0.29) is 28.8 Å². The molecule has 6 N–H and O–H groups in total. The van der Waals surface area contributed by atoms with E-state index in [2.05, 4.69) is 20.4 Å². The monoisotopic (exact) mass is 599 g/mol. The lowest BCUT2D eigenvalue weighted by molar-refractivity contribution is -0.150. The summed E-state index contributed by atoms with van der Waals surface area (Å²) in [6.45, 7) is -0.713. The van der Waals surface area contributed by atoms with Crippen LogP contribution in [0.3, 0.4) is 0 Å². The second-order valence-corrected chi connectivity index (χ2v) is 11.8. The number of carbonyl (C=O) groups excluding carboxylic acids is 2. The number of aliphatic carboxylic acids is 1. The second-order valence-electron chi connectivity index (χ2n) is 7.53. The number of hydrogen-bond donors (Lipinski definition) is 4. The van der Waals surface area contributed by atoms with E-state index in [0.29, 0.717) is 23.0 Å². The molecule has 202 valence electrons. The summed E-state index contributed by atoms with van der Waals surface area (Å²) in [5, 5.41) is 17.2. The Kier molecular flexibility index (Phi) is 9.48. The second kappa shape index (κ2) is 12.8. The quantitative estimate of drug-likeness (QED) is 0.0903. The number of aromatic nitrogens is 2. The number of hydrogen-bond acceptors (Lipinski definition) is 13. The van der Waals surface area contributed by atoms with Gasteiger partial charge in [-0.2, -0.15) is 0 Å². The van der Waals surface area contributed by atoms with Crippen LogP contribution < -0.4 is 16.8 Å². The molecule has 2 amide bonds. The van der Waals surface area contributed by atoms with E-state index in [4.69, 9.17) is 16.3 Å². The van der Waals surface area contributed by atoms with Crippen molar-refractivity contribution in [2.45, 2.75) is 21.2 Å². The van der Waals surface area contributed by atoms with E-state index < -0.39 is 35.9 Å². The van der Waals surface area contributed by atoms with Crippen LogP contribution in [0.4, 0.5) is 9.52 Å². The predicted molar refractivity (Wildman–Crippen MR) is 145 cm³/mol. The van der Waals surface area contributed by atoms with E-state index >= 15 is 0 Å². The van der Waals surface area contributed by atoms with Gasteiger partial charge >= 0.3 is 5.97 Å². The van der Waals surface area contributed by atoms with E-state index in [1.165, 1.54) is 45.6 Å². The average molecular weight is 600 g/mol. The van der Waals surface area contributed by atoms with Crippen LogP contribution in [0.15, 0.2) is 49.4 Å². The van der Waals surface area contributed by atoms with Crippen molar-refractivity contribution in [2.75, 3.05) is 37.1 Å². The number of carboxylic acids is 1. The van der Waals surface area contributed by atoms with Crippen molar-refractivity contribution in [1.82, 2.24) is 20.2 Å². The fourth-order valence-corrected chi connectivity index (χ4v) is 7.48. The van der Waals surface area contributed by atoms with Gasteiger partial charge in [-0.25, -0.2) is 14.2 Å². The molecule has 2 aliphatic rings. The summed E-state index contributed by atoms with van der Waals surface area (Å²) in [4.78, 5) is 54.6. The number of alkyl halides is 1. The molecule has 0 radical (unpaired) electrons. The van der Waals surface area contributed by atoms with Gasteiger partial charge in [-0.15, -0.1) is 34.9 Å². The molecule has 17 heteroatoms. The van der Waals surface area contributed by atoms with Crippen molar-refractivity contribution < 1.29 is 28.7 Å². The van der Waals surface area contributed by atoms with Crippen LogP contribution in [-0.4, -0.2) is 86.2 Å². The van der Waals surface area contributed by atoms with Crippen molar-refractivity contribution in [2.24, 2.45) is 10.9 Å². The highest BCUT2D eigenvalue weighted by Crippen LogP contribution is 2.46. The SMILES string of the molecule is NCCSc1cnccc1SC1=C(C(=O)O)N2C(=O)[C@@H](NC(=O)/C(=N\OCCF)c3csc(N)n3)[C@H]2SC1. The molecule has 0 aromatic carbocycles. The molecule has 1 saturated heterocycles. The maximum Gasteiger partial charge on any atom is 0.353 e. The third kappa shape index (κ3) is 6.06. The summed E-state index contributed by atoms with van der Waals surface area (Å²) in [5.74, 6) is -1.64. The molecule has 4 rings (SSSR count). The number of carbonyl (C=O) groups is 3. The highest BCUT2D eigenvalue weighted by Gasteiger charge is 2.54. The fraction of sp³-hybridized carbons (Fsp3) is 0.333. The number of nitrogens with one attached hydrogen (secondary N) is 1. The van der Waals surface area contributed by atoms with Gasteiger partial charge < -0.3 is 26.7 Å². The van der Waals surface area contributed by atoms with Gasteiger partial charge in [0.2, 0.25) is 0 Å². The first-order valence-corrected chi connectivity index (χ1v) is 14.7. The van der Waals surface area contributed by atoms with Crippen molar-refractivity contribution in [1.29, 1.82) is 0 Å². The Morgan fingerprint density at radius 1 is 1.39 bits per heavy atom. The molecule has 0 spiro atoms. The third-order valence-corrected chi connectivity index (χ3v) is 9.58. The fourth-order valence-electron chi connectivity index (χ4n) is 3.49. The van der Waals surface area contributed by atoms with E-state index in [9.17, 15) is 23.9 Å². The maximum absolute atomic E-state index is 13.1. The topological polar surface area (TPSA) is 186 Å². The van der Waals surface area contributed by atoms with Gasteiger partial charge in [0, 0.05) is 50.5 Å². The number of fused-ring (bicyclic) bond motifs is 1. The summed E-state index contributed by atoms with van der Waals surface area (Å²) in [6, 6.07) is 0.775. The van der Waals surface area contributed by atoms with Crippen LogP contribution in [0.25, 0.3) is 0 Å². The van der Waals surface area contributed by atoms with Crippen LogP contribution in [0, 0.1) is 0 Å². The van der Waals surface area contributed by atoms with Gasteiger partial charge in [-0.05, 0) is 6.07 Å². The number of anilines is 1. The molecule has 2 aliphatic heterocycles. The predicted octanol–water partition coefficient (Wildman–Crippen LogP) is 1.35. The van der Waals surface area contributed by atoms with Crippen molar-refractivity contribution in [3.8, 4) is 0 Å². The number of nitrogens with zero attached hydrogens (tertiary/aromatic N) is 4. The van der Waals surface area contributed by atoms with Crippen LogP contribution in [0.5, 0.6) is 0 Å². The number of pyridine rings is 1. The van der Waals surface area contributed by atoms with Crippen molar-refractivity contribution in [3.05, 3.63) is 40.1 Å². The van der Waals surface area contributed by atoms with Crippen molar-refractivity contribution >= 4 is 75.2 Å². The molecule has 1 fully saturated rings. The van der Waals surface area contributed by atoms with Crippen LogP contribution >= 0.6 is 46.6 Å². The first-order chi connectivity index (χ1) is 18.3. The van der Waals surface area contributed by atoms with Gasteiger partial charge in [0.1, 0.15) is 36.1 Å². The number of nitrogens with two attached hydrogens (primary N) is 2. The average Bonchev–Trinajstić information content (AvgIpc) is 3.34. The zero-order valence-corrected chi connectivity index (χ0v) is 22.8. The number of rotatable bonds is 12.